The average Bonchev–Trinajstić information content (AvgIpc) is 2.68. The van der Waals surface area contributed by atoms with Crippen molar-refractivity contribution >= 4 is 0 Å². The Morgan fingerprint density at radius 2 is 0.786 bits per heavy atom. The zero-order chi connectivity index (χ0) is 20.7. The number of hydrogen-bond donors (Lipinski definition) is 0. The maximum absolute atomic E-state index is 4.45. The van der Waals surface area contributed by atoms with Gasteiger partial charge in [-0.25, -0.2) is 0 Å². The van der Waals surface area contributed by atoms with Crippen LogP contribution in [0.25, 0.3) is 0 Å². The van der Waals surface area contributed by atoms with Crippen LogP contribution < -0.4 is 0 Å². The van der Waals surface area contributed by atoms with Gasteiger partial charge >= 0.3 is 0 Å². The lowest BCUT2D eigenvalue weighted by molar-refractivity contribution is 0.378. The van der Waals surface area contributed by atoms with Gasteiger partial charge in [-0.05, 0) is 18.3 Å². The molecule has 0 spiro atoms. The molecule has 0 bridgehead atoms. The molecule has 0 aliphatic rings. The molecule has 2 unspecified atom stereocenters. The smallest absolute Gasteiger partial charge is 0.0412 e. The first-order valence-corrected chi connectivity index (χ1v) is 13.5. The van der Waals surface area contributed by atoms with Crippen LogP contribution in [0.1, 0.15) is 162 Å². The molecule has 169 valence electrons. The normalized spacial score (nSPS) is 13.7. The fourth-order valence-corrected chi connectivity index (χ4v) is 4.53. The summed E-state index contributed by atoms with van der Waals surface area (Å²) in [6.45, 7) is 11.5. The zero-order valence-electron chi connectivity index (χ0n) is 20.4. The zero-order valence-corrected chi connectivity index (χ0v) is 20.4. The second-order valence-corrected chi connectivity index (χ2v) is 9.79. The van der Waals surface area contributed by atoms with Gasteiger partial charge in [-0.3, -0.25) is 0 Å². The molecule has 0 heterocycles. The van der Waals surface area contributed by atoms with Crippen molar-refractivity contribution in [3.63, 3.8) is 0 Å². The summed E-state index contributed by atoms with van der Waals surface area (Å²) in [7, 11) is 0. The van der Waals surface area contributed by atoms with Crippen molar-refractivity contribution in [2.24, 2.45) is 11.8 Å². The summed E-state index contributed by atoms with van der Waals surface area (Å²) in [5, 5.41) is 0. The molecule has 0 amide bonds. The molecule has 0 aromatic rings. The largest absolute Gasteiger partial charge is 0.0654 e. The molecule has 28 heavy (non-hydrogen) atoms. The van der Waals surface area contributed by atoms with Gasteiger partial charge in [-0.2, -0.15) is 0 Å². The van der Waals surface area contributed by atoms with E-state index in [9.17, 15) is 0 Å². The van der Waals surface area contributed by atoms with E-state index in [1.54, 1.807) is 0 Å². The highest BCUT2D eigenvalue weighted by atomic mass is 14.1. The van der Waals surface area contributed by atoms with Gasteiger partial charge in [0.2, 0.25) is 0 Å². The minimum atomic E-state index is 0.697. The Labute approximate surface area is 181 Å². The van der Waals surface area contributed by atoms with Crippen molar-refractivity contribution in [1.29, 1.82) is 0 Å². The summed E-state index contributed by atoms with van der Waals surface area (Å²) >= 11 is 0. The van der Waals surface area contributed by atoms with Crippen molar-refractivity contribution in [1.82, 2.24) is 0 Å². The van der Waals surface area contributed by atoms with Crippen LogP contribution in [0.15, 0.2) is 0 Å². The second kappa shape index (κ2) is 23.3. The standard InChI is InChI=1S/C28H57/c1-5-7-9-11-13-15-17-19-21-23-25-28(4)26-27(3)24-22-20-18-16-14-12-10-8-6-2/h27-28H,4-26H2,1-3H3. The Bertz CT molecular complexity index is 269. The van der Waals surface area contributed by atoms with Gasteiger partial charge in [-0.15, -0.1) is 0 Å². The molecule has 0 fully saturated rings. The van der Waals surface area contributed by atoms with Crippen LogP contribution in [0.2, 0.25) is 0 Å². The predicted molar refractivity (Wildman–Crippen MR) is 131 cm³/mol. The van der Waals surface area contributed by atoms with Crippen molar-refractivity contribution in [2.45, 2.75) is 162 Å². The topological polar surface area (TPSA) is 0 Å². The molecular weight excluding hydrogens is 336 g/mol. The Balaban J connectivity index is 3.30. The highest BCUT2D eigenvalue weighted by molar-refractivity contribution is 4.66. The molecule has 0 nitrogen and oxygen atoms in total. The van der Waals surface area contributed by atoms with E-state index in [0.29, 0.717) is 5.92 Å². The van der Waals surface area contributed by atoms with E-state index in [1.807, 2.05) is 0 Å². The van der Waals surface area contributed by atoms with Crippen molar-refractivity contribution < 1.29 is 0 Å². The minimum absolute atomic E-state index is 0.697. The van der Waals surface area contributed by atoms with Crippen molar-refractivity contribution in [2.75, 3.05) is 0 Å². The van der Waals surface area contributed by atoms with E-state index in [4.69, 9.17) is 0 Å². The third-order valence-electron chi connectivity index (χ3n) is 6.50. The molecule has 0 aromatic carbocycles. The van der Waals surface area contributed by atoms with E-state index in [2.05, 4.69) is 27.7 Å². The maximum Gasteiger partial charge on any atom is -0.0412 e. The van der Waals surface area contributed by atoms with Crippen LogP contribution in [0.5, 0.6) is 0 Å². The fourth-order valence-electron chi connectivity index (χ4n) is 4.53. The molecule has 0 N–H and O–H groups in total. The van der Waals surface area contributed by atoms with Crippen molar-refractivity contribution in [3.05, 3.63) is 6.92 Å². The summed E-state index contributed by atoms with van der Waals surface area (Å²) in [6, 6.07) is 0. The van der Waals surface area contributed by atoms with E-state index in [0.717, 1.165) is 5.92 Å². The van der Waals surface area contributed by atoms with Crippen molar-refractivity contribution in [3.8, 4) is 0 Å². The predicted octanol–water partition coefficient (Wildman–Crippen LogP) is 10.7. The van der Waals surface area contributed by atoms with Gasteiger partial charge in [-0.1, -0.05) is 163 Å². The van der Waals surface area contributed by atoms with Gasteiger partial charge in [0.25, 0.3) is 0 Å². The lowest BCUT2D eigenvalue weighted by atomic mass is 9.89. The molecule has 0 aliphatic heterocycles. The number of unbranched alkanes of at least 4 members (excludes halogenated alkanes) is 17. The summed E-state index contributed by atoms with van der Waals surface area (Å²) in [4.78, 5) is 0. The Kier molecular flexibility index (Phi) is 23.3. The van der Waals surface area contributed by atoms with E-state index in [1.165, 1.54) is 141 Å². The molecular formula is C28H57. The minimum Gasteiger partial charge on any atom is -0.0654 e. The van der Waals surface area contributed by atoms with Crippen LogP contribution in [-0.4, -0.2) is 0 Å². The second-order valence-electron chi connectivity index (χ2n) is 9.79. The molecule has 0 aromatic heterocycles. The summed E-state index contributed by atoms with van der Waals surface area (Å²) in [5.41, 5.74) is 0. The fraction of sp³-hybridized carbons (Fsp3) is 0.964. The van der Waals surface area contributed by atoms with Gasteiger partial charge in [0.15, 0.2) is 0 Å². The van der Waals surface area contributed by atoms with Crippen LogP contribution in [0.4, 0.5) is 0 Å². The first kappa shape index (κ1) is 28.0. The quantitative estimate of drug-likeness (QED) is 0.151. The van der Waals surface area contributed by atoms with Crippen LogP contribution in [0.3, 0.4) is 0 Å². The molecule has 0 rings (SSSR count). The highest BCUT2D eigenvalue weighted by Gasteiger charge is 2.08. The lowest BCUT2D eigenvalue weighted by Gasteiger charge is -2.17. The monoisotopic (exact) mass is 393 g/mol. The Morgan fingerprint density at radius 1 is 0.464 bits per heavy atom. The third kappa shape index (κ3) is 22.3. The third-order valence-corrected chi connectivity index (χ3v) is 6.50. The van der Waals surface area contributed by atoms with E-state index in [-0.39, 0.29) is 0 Å². The average molecular weight is 394 g/mol. The lowest BCUT2D eigenvalue weighted by Crippen LogP contribution is -2.04. The Hall–Kier alpha value is 0. The first-order chi connectivity index (χ1) is 13.7. The first-order valence-electron chi connectivity index (χ1n) is 13.5. The summed E-state index contributed by atoms with van der Waals surface area (Å²) in [5.74, 6) is 1.58. The van der Waals surface area contributed by atoms with E-state index >= 15 is 0 Å². The highest BCUT2D eigenvalue weighted by Crippen LogP contribution is 2.23. The van der Waals surface area contributed by atoms with Gasteiger partial charge < -0.3 is 0 Å². The van der Waals surface area contributed by atoms with Crippen LogP contribution in [0, 0.1) is 18.8 Å². The van der Waals surface area contributed by atoms with Gasteiger partial charge in [0.1, 0.15) is 0 Å². The molecule has 1 radical (unpaired) electrons. The Morgan fingerprint density at radius 3 is 1.18 bits per heavy atom. The van der Waals surface area contributed by atoms with Crippen LogP contribution in [-0.2, 0) is 0 Å². The van der Waals surface area contributed by atoms with Gasteiger partial charge in [0.05, 0.1) is 0 Å². The summed E-state index contributed by atoms with van der Waals surface area (Å²) in [6.07, 6.45) is 31.6. The van der Waals surface area contributed by atoms with Crippen LogP contribution >= 0.6 is 0 Å². The molecule has 0 aliphatic carbocycles. The van der Waals surface area contributed by atoms with E-state index < -0.39 is 0 Å². The molecule has 0 saturated carbocycles. The SMILES string of the molecule is [CH2]C(CCCCCCCCCCCC)CC(C)CCCCCCCCCCC. The van der Waals surface area contributed by atoms with Gasteiger partial charge in [0, 0.05) is 0 Å². The summed E-state index contributed by atoms with van der Waals surface area (Å²) < 4.78 is 0. The number of rotatable bonds is 23. The maximum atomic E-state index is 4.45. The molecule has 0 saturated heterocycles. The molecule has 0 heteroatoms. The molecule has 2 atom stereocenters. The number of hydrogen-bond acceptors (Lipinski definition) is 0.